The summed E-state index contributed by atoms with van der Waals surface area (Å²) < 4.78 is 10.7. The first kappa shape index (κ1) is 14.4. The molecular formula is C14H16BNO4. The SMILES string of the molecule is COc1ccc(OCCc2ccncc2)c(B(O)O)c1. The molecule has 0 spiro atoms. The minimum Gasteiger partial charge on any atom is -0.497 e. The molecule has 104 valence electrons. The molecule has 1 aromatic carbocycles. The Morgan fingerprint density at radius 1 is 1.15 bits per heavy atom. The summed E-state index contributed by atoms with van der Waals surface area (Å²) in [6, 6.07) is 8.76. The molecule has 0 aliphatic rings. The van der Waals surface area contributed by atoms with E-state index in [9.17, 15) is 10.0 Å². The first-order valence-corrected chi connectivity index (χ1v) is 6.26. The summed E-state index contributed by atoms with van der Waals surface area (Å²) >= 11 is 0. The van der Waals surface area contributed by atoms with Crippen LogP contribution in [-0.2, 0) is 6.42 Å². The highest BCUT2D eigenvalue weighted by Crippen LogP contribution is 2.16. The molecule has 0 fully saturated rings. The van der Waals surface area contributed by atoms with Gasteiger partial charge in [0.05, 0.1) is 13.7 Å². The predicted octanol–water partition coefficient (Wildman–Crippen LogP) is 0.392. The fourth-order valence-electron chi connectivity index (χ4n) is 1.82. The van der Waals surface area contributed by atoms with Crippen LogP contribution in [0.15, 0.2) is 42.7 Å². The molecule has 0 aliphatic heterocycles. The number of benzene rings is 1. The minimum absolute atomic E-state index is 0.291. The standard InChI is InChI=1S/C14H16BNO4/c1-19-12-2-3-14(13(10-12)15(17)18)20-9-6-11-4-7-16-8-5-11/h2-5,7-8,10,17-18H,6,9H2,1H3. The van der Waals surface area contributed by atoms with Crippen LogP contribution in [-0.4, -0.2) is 35.9 Å². The van der Waals surface area contributed by atoms with E-state index in [0.717, 1.165) is 12.0 Å². The second kappa shape index (κ2) is 6.93. The molecule has 2 aromatic rings. The summed E-state index contributed by atoms with van der Waals surface area (Å²) in [4.78, 5) is 3.95. The summed E-state index contributed by atoms with van der Waals surface area (Å²) in [6.45, 7) is 0.441. The van der Waals surface area contributed by atoms with Crippen molar-refractivity contribution in [2.45, 2.75) is 6.42 Å². The molecule has 0 saturated heterocycles. The lowest BCUT2D eigenvalue weighted by atomic mass is 9.79. The van der Waals surface area contributed by atoms with Crippen LogP contribution in [0.2, 0.25) is 0 Å². The molecule has 0 unspecified atom stereocenters. The highest BCUT2D eigenvalue weighted by Gasteiger charge is 2.18. The third-order valence-corrected chi connectivity index (χ3v) is 2.89. The fourth-order valence-corrected chi connectivity index (χ4v) is 1.82. The number of ether oxygens (including phenoxy) is 2. The lowest BCUT2D eigenvalue weighted by Gasteiger charge is -2.12. The maximum Gasteiger partial charge on any atom is 0.492 e. The zero-order valence-electron chi connectivity index (χ0n) is 11.2. The Morgan fingerprint density at radius 2 is 1.90 bits per heavy atom. The van der Waals surface area contributed by atoms with Crippen LogP contribution < -0.4 is 14.9 Å². The Hall–Kier alpha value is -2.05. The highest BCUT2D eigenvalue weighted by molar-refractivity contribution is 6.59. The fraction of sp³-hybridized carbons (Fsp3) is 0.214. The van der Waals surface area contributed by atoms with Crippen molar-refractivity contribution < 1.29 is 19.5 Å². The predicted molar refractivity (Wildman–Crippen MR) is 76.3 cm³/mol. The first-order chi connectivity index (χ1) is 9.70. The number of aromatic nitrogens is 1. The van der Waals surface area contributed by atoms with Crippen LogP contribution in [0.1, 0.15) is 5.56 Å². The summed E-state index contributed by atoms with van der Waals surface area (Å²) in [5, 5.41) is 18.7. The normalized spacial score (nSPS) is 10.2. The van der Waals surface area contributed by atoms with Gasteiger partial charge in [0.25, 0.3) is 0 Å². The van der Waals surface area contributed by atoms with E-state index in [1.807, 2.05) is 12.1 Å². The van der Waals surface area contributed by atoms with Gasteiger partial charge in [-0.2, -0.15) is 0 Å². The molecule has 1 heterocycles. The van der Waals surface area contributed by atoms with Gasteiger partial charge in [0, 0.05) is 24.3 Å². The van der Waals surface area contributed by atoms with Gasteiger partial charge < -0.3 is 19.5 Å². The molecule has 5 nitrogen and oxygen atoms in total. The zero-order chi connectivity index (χ0) is 14.4. The topological polar surface area (TPSA) is 71.8 Å². The van der Waals surface area contributed by atoms with Crippen molar-refractivity contribution in [2.24, 2.45) is 0 Å². The monoisotopic (exact) mass is 273 g/mol. The van der Waals surface area contributed by atoms with Gasteiger partial charge in [0.15, 0.2) is 0 Å². The Labute approximate surface area is 118 Å². The van der Waals surface area contributed by atoms with Gasteiger partial charge in [-0.15, -0.1) is 0 Å². The number of methoxy groups -OCH3 is 1. The summed E-state index contributed by atoms with van der Waals surface area (Å²) in [5.74, 6) is 0.990. The van der Waals surface area contributed by atoms with E-state index >= 15 is 0 Å². The second-order valence-electron chi connectivity index (χ2n) is 4.23. The van der Waals surface area contributed by atoms with E-state index < -0.39 is 7.12 Å². The number of hydrogen-bond acceptors (Lipinski definition) is 5. The van der Waals surface area contributed by atoms with Crippen molar-refractivity contribution in [2.75, 3.05) is 13.7 Å². The molecule has 2 rings (SSSR count). The summed E-state index contributed by atoms with van der Waals surface area (Å²) in [5.41, 5.74) is 1.40. The third-order valence-electron chi connectivity index (χ3n) is 2.89. The van der Waals surface area contributed by atoms with Gasteiger partial charge in [0.2, 0.25) is 0 Å². The van der Waals surface area contributed by atoms with E-state index in [1.54, 1.807) is 30.6 Å². The van der Waals surface area contributed by atoms with Crippen LogP contribution >= 0.6 is 0 Å². The van der Waals surface area contributed by atoms with E-state index in [2.05, 4.69) is 4.98 Å². The summed E-state index contributed by atoms with van der Waals surface area (Å²) in [7, 11) is -0.0756. The van der Waals surface area contributed by atoms with E-state index in [1.165, 1.54) is 7.11 Å². The largest absolute Gasteiger partial charge is 0.497 e. The minimum atomic E-state index is -1.60. The average Bonchev–Trinajstić information content (AvgIpc) is 2.48. The van der Waals surface area contributed by atoms with Crippen LogP contribution in [0.4, 0.5) is 0 Å². The Bertz CT molecular complexity index is 548. The molecule has 0 amide bonds. The molecular weight excluding hydrogens is 257 g/mol. The van der Waals surface area contributed by atoms with Crippen molar-refractivity contribution in [1.82, 2.24) is 4.98 Å². The molecule has 0 bridgehead atoms. The Morgan fingerprint density at radius 3 is 2.55 bits per heavy atom. The van der Waals surface area contributed by atoms with Gasteiger partial charge >= 0.3 is 7.12 Å². The molecule has 6 heteroatoms. The van der Waals surface area contributed by atoms with Gasteiger partial charge in [-0.05, 0) is 35.9 Å². The van der Waals surface area contributed by atoms with Crippen LogP contribution in [0.25, 0.3) is 0 Å². The number of pyridine rings is 1. The van der Waals surface area contributed by atoms with Crippen molar-refractivity contribution in [3.8, 4) is 11.5 Å². The van der Waals surface area contributed by atoms with Crippen LogP contribution in [0, 0.1) is 0 Å². The maximum atomic E-state index is 9.35. The Kier molecular flexibility index (Phi) is 4.98. The molecule has 0 saturated carbocycles. The van der Waals surface area contributed by atoms with Crippen molar-refractivity contribution in [1.29, 1.82) is 0 Å². The average molecular weight is 273 g/mol. The van der Waals surface area contributed by atoms with E-state index in [4.69, 9.17) is 9.47 Å². The van der Waals surface area contributed by atoms with E-state index in [0.29, 0.717) is 23.6 Å². The van der Waals surface area contributed by atoms with Crippen LogP contribution in [0.5, 0.6) is 11.5 Å². The smallest absolute Gasteiger partial charge is 0.492 e. The molecule has 1 aromatic heterocycles. The van der Waals surface area contributed by atoms with Crippen molar-refractivity contribution in [3.63, 3.8) is 0 Å². The Balaban J connectivity index is 2.02. The molecule has 0 radical (unpaired) electrons. The first-order valence-electron chi connectivity index (χ1n) is 6.26. The molecule has 2 N–H and O–H groups in total. The molecule has 0 atom stereocenters. The maximum absolute atomic E-state index is 9.35. The van der Waals surface area contributed by atoms with Gasteiger partial charge in [-0.3, -0.25) is 4.98 Å². The van der Waals surface area contributed by atoms with Gasteiger partial charge in [-0.25, -0.2) is 0 Å². The van der Waals surface area contributed by atoms with Gasteiger partial charge in [-0.1, -0.05) is 0 Å². The zero-order valence-corrected chi connectivity index (χ0v) is 11.2. The number of hydrogen-bond donors (Lipinski definition) is 2. The number of rotatable bonds is 6. The lowest BCUT2D eigenvalue weighted by molar-refractivity contribution is 0.321. The lowest BCUT2D eigenvalue weighted by Crippen LogP contribution is -2.31. The van der Waals surface area contributed by atoms with Crippen LogP contribution in [0.3, 0.4) is 0 Å². The van der Waals surface area contributed by atoms with Gasteiger partial charge in [0.1, 0.15) is 11.5 Å². The second-order valence-corrected chi connectivity index (χ2v) is 4.23. The summed E-state index contributed by atoms with van der Waals surface area (Å²) in [6.07, 6.45) is 4.17. The van der Waals surface area contributed by atoms with E-state index in [-0.39, 0.29) is 0 Å². The van der Waals surface area contributed by atoms with Crippen molar-refractivity contribution in [3.05, 3.63) is 48.3 Å². The quantitative estimate of drug-likeness (QED) is 0.745. The molecule has 0 aliphatic carbocycles. The molecule has 20 heavy (non-hydrogen) atoms. The third kappa shape index (κ3) is 3.72. The highest BCUT2D eigenvalue weighted by atomic mass is 16.5. The van der Waals surface area contributed by atoms with Crippen molar-refractivity contribution >= 4 is 12.6 Å². The number of nitrogens with zero attached hydrogens (tertiary/aromatic N) is 1.